The van der Waals surface area contributed by atoms with Crippen LogP contribution in [0.25, 0.3) is 10.9 Å². The monoisotopic (exact) mass is 283 g/mol. The van der Waals surface area contributed by atoms with Gasteiger partial charge in [0.1, 0.15) is 0 Å². The van der Waals surface area contributed by atoms with Gasteiger partial charge in [-0.3, -0.25) is 9.88 Å². The van der Waals surface area contributed by atoms with Gasteiger partial charge in [-0.15, -0.1) is 0 Å². The van der Waals surface area contributed by atoms with Crippen LogP contribution in [-0.2, 0) is 6.54 Å². The first-order valence-corrected chi connectivity index (χ1v) is 8.14. The van der Waals surface area contributed by atoms with E-state index in [9.17, 15) is 0 Å². The minimum absolute atomic E-state index is 0.751. The molecule has 3 heteroatoms. The molecule has 1 aromatic carbocycles. The molecular weight excluding hydrogens is 258 g/mol. The van der Waals surface area contributed by atoms with E-state index in [1.54, 1.807) is 0 Å². The van der Waals surface area contributed by atoms with Crippen molar-refractivity contribution in [3.8, 4) is 0 Å². The van der Waals surface area contributed by atoms with E-state index in [1.165, 1.54) is 36.6 Å². The largest absolute Gasteiger partial charge is 0.330 e. The summed E-state index contributed by atoms with van der Waals surface area (Å²) in [5, 5.41) is 1.24. The highest BCUT2D eigenvalue weighted by Crippen LogP contribution is 2.25. The highest BCUT2D eigenvalue weighted by molar-refractivity contribution is 5.78. The number of hydrogen-bond donors (Lipinski definition) is 1. The molecule has 0 amide bonds. The molecule has 0 saturated heterocycles. The maximum Gasteiger partial charge on any atom is 0.0702 e. The van der Waals surface area contributed by atoms with Gasteiger partial charge in [0.2, 0.25) is 0 Å². The Labute approximate surface area is 127 Å². The lowest BCUT2D eigenvalue weighted by Gasteiger charge is -2.29. The third-order valence-corrected chi connectivity index (χ3v) is 4.54. The highest BCUT2D eigenvalue weighted by atomic mass is 15.2. The van der Waals surface area contributed by atoms with Crippen LogP contribution in [0.5, 0.6) is 0 Å². The van der Waals surface area contributed by atoms with E-state index in [4.69, 9.17) is 5.73 Å². The van der Waals surface area contributed by atoms with Crippen LogP contribution < -0.4 is 5.73 Å². The average molecular weight is 283 g/mol. The topological polar surface area (TPSA) is 42.1 Å². The molecule has 0 radical (unpaired) electrons. The fraction of sp³-hybridized carbons (Fsp3) is 0.500. The van der Waals surface area contributed by atoms with Gasteiger partial charge in [-0.1, -0.05) is 25.0 Å². The molecule has 1 aliphatic carbocycles. The smallest absolute Gasteiger partial charge is 0.0702 e. The zero-order valence-electron chi connectivity index (χ0n) is 12.7. The SMILES string of the molecule is NCCCN(Cc1ccc2ncccc2c1)C1CCCC1. The Balaban J connectivity index is 1.75. The van der Waals surface area contributed by atoms with Crippen molar-refractivity contribution in [2.24, 2.45) is 5.73 Å². The summed E-state index contributed by atoms with van der Waals surface area (Å²) in [6.45, 7) is 2.94. The zero-order chi connectivity index (χ0) is 14.5. The first-order chi connectivity index (χ1) is 10.4. The first-order valence-electron chi connectivity index (χ1n) is 8.14. The fourth-order valence-corrected chi connectivity index (χ4v) is 3.41. The van der Waals surface area contributed by atoms with Crippen LogP contribution >= 0.6 is 0 Å². The second-order valence-electron chi connectivity index (χ2n) is 6.08. The van der Waals surface area contributed by atoms with Crippen LogP contribution in [0.4, 0.5) is 0 Å². The van der Waals surface area contributed by atoms with Crippen molar-refractivity contribution in [3.63, 3.8) is 0 Å². The lowest BCUT2D eigenvalue weighted by atomic mass is 10.1. The van der Waals surface area contributed by atoms with Gasteiger partial charge < -0.3 is 5.73 Å². The summed E-state index contributed by atoms with van der Waals surface area (Å²) in [7, 11) is 0. The average Bonchev–Trinajstić information content (AvgIpc) is 3.05. The van der Waals surface area contributed by atoms with Crippen molar-refractivity contribution in [1.29, 1.82) is 0 Å². The number of rotatable bonds is 6. The minimum Gasteiger partial charge on any atom is -0.330 e. The normalized spacial score (nSPS) is 16.1. The Bertz CT molecular complexity index is 575. The quantitative estimate of drug-likeness (QED) is 0.884. The summed E-state index contributed by atoms with van der Waals surface area (Å²) in [5.74, 6) is 0. The van der Waals surface area contributed by atoms with Crippen LogP contribution in [-0.4, -0.2) is 29.0 Å². The van der Waals surface area contributed by atoms with Crippen LogP contribution in [0.1, 0.15) is 37.7 Å². The second kappa shape index (κ2) is 7.01. The van der Waals surface area contributed by atoms with Gasteiger partial charge in [0, 0.05) is 24.2 Å². The summed E-state index contributed by atoms with van der Waals surface area (Å²) in [6, 6.07) is 11.6. The Morgan fingerprint density at radius 2 is 2.05 bits per heavy atom. The van der Waals surface area contributed by atoms with Gasteiger partial charge >= 0.3 is 0 Å². The third kappa shape index (κ3) is 3.60. The second-order valence-corrected chi connectivity index (χ2v) is 6.08. The molecule has 112 valence electrons. The summed E-state index contributed by atoms with van der Waals surface area (Å²) in [4.78, 5) is 7.03. The maximum atomic E-state index is 5.71. The number of hydrogen-bond acceptors (Lipinski definition) is 3. The number of nitrogens with two attached hydrogens (primary N) is 1. The van der Waals surface area contributed by atoms with Crippen LogP contribution in [0, 0.1) is 0 Å². The third-order valence-electron chi connectivity index (χ3n) is 4.54. The summed E-state index contributed by atoms with van der Waals surface area (Å²) in [5.41, 5.74) is 8.18. The van der Waals surface area contributed by atoms with E-state index in [0.717, 1.165) is 37.6 Å². The molecule has 0 bridgehead atoms. The number of pyridine rings is 1. The first kappa shape index (κ1) is 14.5. The van der Waals surface area contributed by atoms with E-state index in [0.29, 0.717) is 0 Å². The molecule has 3 rings (SSSR count). The molecule has 1 aromatic heterocycles. The number of nitrogens with zero attached hydrogens (tertiary/aromatic N) is 2. The molecular formula is C18H25N3. The Kier molecular flexibility index (Phi) is 4.84. The van der Waals surface area contributed by atoms with Gasteiger partial charge in [0.25, 0.3) is 0 Å². The number of benzene rings is 1. The predicted molar refractivity (Wildman–Crippen MR) is 88.1 cm³/mol. The van der Waals surface area contributed by atoms with Crippen molar-refractivity contribution in [2.75, 3.05) is 13.1 Å². The summed E-state index contributed by atoms with van der Waals surface area (Å²) >= 11 is 0. The highest BCUT2D eigenvalue weighted by Gasteiger charge is 2.22. The fourth-order valence-electron chi connectivity index (χ4n) is 3.41. The molecule has 1 saturated carbocycles. The Hall–Kier alpha value is -1.45. The molecule has 2 N–H and O–H groups in total. The molecule has 1 heterocycles. The molecule has 3 nitrogen and oxygen atoms in total. The van der Waals surface area contributed by atoms with Crippen LogP contribution in [0.2, 0.25) is 0 Å². The van der Waals surface area contributed by atoms with Gasteiger partial charge in [0.15, 0.2) is 0 Å². The number of aromatic nitrogens is 1. The van der Waals surface area contributed by atoms with Gasteiger partial charge in [0.05, 0.1) is 5.52 Å². The summed E-state index contributed by atoms with van der Waals surface area (Å²) < 4.78 is 0. The lowest BCUT2D eigenvalue weighted by molar-refractivity contribution is 0.188. The molecule has 0 spiro atoms. The Morgan fingerprint density at radius 3 is 2.86 bits per heavy atom. The zero-order valence-corrected chi connectivity index (χ0v) is 12.7. The standard InChI is InChI=1S/C18H25N3/c19-10-4-12-21(17-6-1-2-7-17)14-15-8-9-18-16(13-15)5-3-11-20-18/h3,5,8-9,11,13,17H,1-2,4,6-7,10,12,14,19H2. The molecule has 2 aromatic rings. The van der Waals surface area contributed by atoms with E-state index < -0.39 is 0 Å². The van der Waals surface area contributed by atoms with Crippen molar-refractivity contribution in [2.45, 2.75) is 44.7 Å². The van der Waals surface area contributed by atoms with Gasteiger partial charge in [-0.25, -0.2) is 0 Å². The van der Waals surface area contributed by atoms with E-state index in [1.807, 2.05) is 12.3 Å². The lowest BCUT2D eigenvalue weighted by Crippen LogP contribution is -2.34. The van der Waals surface area contributed by atoms with Crippen molar-refractivity contribution >= 4 is 10.9 Å². The van der Waals surface area contributed by atoms with E-state index >= 15 is 0 Å². The van der Waals surface area contributed by atoms with Crippen molar-refractivity contribution < 1.29 is 0 Å². The molecule has 21 heavy (non-hydrogen) atoms. The predicted octanol–water partition coefficient (Wildman–Crippen LogP) is 3.33. The number of fused-ring (bicyclic) bond motifs is 1. The molecule has 1 aliphatic rings. The van der Waals surface area contributed by atoms with Crippen molar-refractivity contribution in [1.82, 2.24) is 9.88 Å². The molecule has 0 unspecified atom stereocenters. The van der Waals surface area contributed by atoms with Gasteiger partial charge in [-0.2, -0.15) is 0 Å². The van der Waals surface area contributed by atoms with Crippen molar-refractivity contribution in [3.05, 3.63) is 42.1 Å². The van der Waals surface area contributed by atoms with E-state index in [-0.39, 0.29) is 0 Å². The minimum atomic E-state index is 0.751. The molecule has 0 atom stereocenters. The molecule has 0 aliphatic heterocycles. The Morgan fingerprint density at radius 1 is 1.19 bits per heavy atom. The maximum absolute atomic E-state index is 5.71. The van der Waals surface area contributed by atoms with Crippen LogP contribution in [0.15, 0.2) is 36.5 Å². The van der Waals surface area contributed by atoms with E-state index in [2.05, 4.69) is 34.1 Å². The van der Waals surface area contributed by atoms with Gasteiger partial charge in [-0.05, 0) is 56.1 Å². The summed E-state index contributed by atoms with van der Waals surface area (Å²) in [6.07, 6.45) is 8.40. The molecule has 1 fully saturated rings. The van der Waals surface area contributed by atoms with Crippen LogP contribution in [0.3, 0.4) is 0 Å².